The van der Waals surface area contributed by atoms with Crippen LogP contribution in [0.4, 0.5) is 0 Å². The van der Waals surface area contributed by atoms with Gasteiger partial charge in [-0.05, 0) is 57.3 Å². The molecule has 6 heteroatoms. The Hall–Kier alpha value is -1.50. The second-order valence-electron chi connectivity index (χ2n) is 7.64. The number of carbonyl (C=O) groups is 1. The summed E-state index contributed by atoms with van der Waals surface area (Å²) >= 11 is 0. The zero-order valence-electron chi connectivity index (χ0n) is 15.4. The van der Waals surface area contributed by atoms with Crippen LogP contribution in [0.5, 0.6) is 0 Å². The largest absolute Gasteiger partial charge is 0.344 e. The van der Waals surface area contributed by atoms with Gasteiger partial charge in [-0.15, -0.1) is 0 Å². The van der Waals surface area contributed by atoms with Gasteiger partial charge in [-0.25, -0.2) is 0 Å². The number of nitrogens with zero attached hydrogens (tertiary/aromatic N) is 3. The summed E-state index contributed by atoms with van der Waals surface area (Å²) in [5, 5.41) is 0. The molecule has 0 bridgehead atoms. The van der Waals surface area contributed by atoms with Crippen LogP contribution >= 0.6 is 0 Å². The summed E-state index contributed by atoms with van der Waals surface area (Å²) in [4.78, 5) is 21.3. The van der Waals surface area contributed by atoms with Crippen molar-refractivity contribution in [3.63, 3.8) is 0 Å². The molecule has 2 aliphatic heterocycles. The van der Waals surface area contributed by atoms with E-state index in [9.17, 15) is 4.79 Å². The van der Waals surface area contributed by atoms with Gasteiger partial charge in [0.2, 0.25) is 5.91 Å². The first kappa shape index (κ1) is 18.3. The van der Waals surface area contributed by atoms with Crippen molar-refractivity contribution in [2.45, 2.75) is 51.2 Å². The van der Waals surface area contributed by atoms with Crippen molar-refractivity contribution < 1.29 is 4.79 Å². The standard InChI is InChI=1S/C19H31N5O/c1-15-11-18(22-21-15)13-23(2)19(25)12-16-6-9-24(10-7-16)14-17-5-3-4-8-20-17/h3-5,8,15-16,18,21-22H,6-7,9-14H2,1-2H3. The number of aromatic nitrogens is 1. The number of hydrogen-bond donors (Lipinski definition) is 2. The Morgan fingerprint density at radius 1 is 1.32 bits per heavy atom. The van der Waals surface area contributed by atoms with E-state index in [0.717, 1.165) is 51.1 Å². The molecular weight excluding hydrogens is 314 g/mol. The van der Waals surface area contributed by atoms with Gasteiger partial charge in [0, 0.05) is 44.8 Å². The monoisotopic (exact) mass is 345 g/mol. The molecule has 3 heterocycles. The number of hydrazine groups is 1. The number of hydrogen-bond acceptors (Lipinski definition) is 5. The molecule has 2 saturated heterocycles. The third-order valence-electron chi connectivity index (χ3n) is 5.37. The summed E-state index contributed by atoms with van der Waals surface area (Å²) in [5.41, 5.74) is 7.62. The summed E-state index contributed by atoms with van der Waals surface area (Å²) in [6.07, 6.45) is 5.82. The van der Waals surface area contributed by atoms with E-state index in [1.54, 1.807) is 0 Å². The second-order valence-corrected chi connectivity index (χ2v) is 7.64. The lowest BCUT2D eigenvalue weighted by molar-refractivity contribution is -0.131. The third-order valence-corrected chi connectivity index (χ3v) is 5.37. The van der Waals surface area contributed by atoms with Crippen LogP contribution in [-0.4, -0.2) is 59.5 Å². The molecule has 138 valence electrons. The Labute approximate surface area is 150 Å². The van der Waals surface area contributed by atoms with E-state index in [2.05, 4.69) is 33.7 Å². The molecule has 0 radical (unpaired) electrons. The maximum absolute atomic E-state index is 12.5. The van der Waals surface area contributed by atoms with E-state index in [0.29, 0.717) is 24.4 Å². The highest BCUT2D eigenvalue weighted by Crippen LogP contribution is 2.22. The first-order valence-electron chi connectivity index (χ1n) is 9.47. The Bertz CT molecular complexity index is 544. The lowest BCUT2D eigenvalue weighted by Crippen LogP contribution is -2.42. The maximum atomic E-state index is 12.5. The van der Waals surface area contributed by atoms with Crippen molar-refractivity contribution in [1.82, 2.24) is 25.6 Å². The molecule has 0 spiro atoms. The summed E-state index contributed by atoms with van der Waals surface area (Å²) in [7, 11) is 1.93. The van der Waals surface area contributed by atoms with Gasteiger partial charge in [-0.1, -0.05) is 6.07 Å². The van der Waals surface area contributed by atoms with Crippen LogP contribution in [0.15, 0.2) is 24.4 Å². The molecule has 2 aliphatic rings. The SMILES string of the molecule is CC1CC(CN(C)C(=O)CC2CCN(Cc3ccccn3)CC2)NN1. The number of rotatable bonds is 6. The lowest BCUT2D eigenvalue weighted by atomic mass is 9.93. The van der Waals surface area contributed by atoms with E-state index in [-0.39, 0.29) is 5.91 Å². The Kier molecular flexibility index (Phi) is 6.39. The number of pyridine rings is 1. The summed E-state index contributed by atoms with van der Waals surface area (Å²) < 4.78 is 0. The van der Waals surface area contributed by atoms with Crippen LogP contribution in [0.25, 0.3) is 0 Å². The Morgan fingerprint density at radius 2 is 2.12 bits per heavy atom. The fourth-order valence-electron chi connectivity index (χ4n) is 3.83. The molecule has 0 aliphatic carbocycles. The third kappa shape index (κ3) is 5.49. The second kappa shape index (κ2) is 8.74. The van der Waals surface area contributed by atoms with E-state index in [4.69, 9.17) is 0 Å². The van der Waals surface area contributed by atoms with E-state index in [1.807, 2.05) is 30.3 Å². The number of likely N-dealkylation sites (N-methyl/N-ethyl adjacent to an activating group) is 1. The van der Waals surface area contributed by atoms with Crippen LogP contribution in [0.2, 0.25) is 0 Å². The van der Waals surface area contributed by atoms with Crippen LogP contribution < -0.4 is 10.9 Å². The van der Waals surface area contributed by atoms with Gasteiger partial charge < -0.3 is 4.90 Å². The highest BCUT2D eigenvalue weighted by atomic mass is 16.2. The predicted octanol–water partition coefficient (Wildman–Crippen LogP) is 1.40. The maximum Gasteiger partial charge on any atom is 0.222 e. The van der Waals surface area contributed by atoms with Crippen LogP contribution in [0, 0.1) is 5.92 Å². The van der Waals surface area contributed by atoms with E-state index in [1.165, 1.54) is 0 Å². The van der Waals surface area contributed by atoms with Crippen molar-refractivity contribution in [2.24, 2.45) is 5.92 Å². The number of carbonyl (C=O) groups excluding carboxylic acids is 1. The average molecular weight is 345 g/mol. The molecule has 2 unspecified atom stereocenters. The van der Waals surface area contributed by atoms with Gasteiger partial charge in [0.25, 0.3) is 0 Å². The number of amides is 1. The predicted molar refractivity (Wildman–Crippen MR) is 98.6 cm³/mol. The van der Waals surface area contributed by atoms with Gasteiger partial charge in [0.15, 0.2) is 0 Å². The summed E-state index contributed by atoms with van der Waals surface area (Å²) in [6.45, 7) is 5.98. The minimum absolute atomic E-state index is 0.282. The first-order chi connectivity index (χ1) is 12.1. The van der Waals surface area contributed by atoms with Gasteiger partial charge in [0.1, 0.15) is 0 Å². The molecular formula is C19H31N5O. The molecule has 3 rings (SSSR count). The van der Waals surface area contributed by atoms with Gasteiger partial charge in [0.05, 0.1) is 5.69 Å². The van der Waals surface area contributed by atoms with Crippen molar-refractivity contribution in [3.05, 3.63) is 30.1 Å². The Morgan fingerprint density at radius 3 is 2.76 bits per heavy atom. The molecule has 1 aromatic heterocycles. The minimum Gasteiger partial charge on any atom is -0.344 e. The molecule has 0 aromatic carbocycles. The first-order valence-corrected chi connectivity index (χ1v) is 9.47. The fourth-order valence-corrected chi connectivity index (χ4v) is 3.83. The number of piperidine rings is 1. The van der Waals surface area contributed by atoms with Gasteiger partial charge in [-0.3, -0.25) is 25.5 Å². The zero-order chi connectivity index (χ0) is 17.6. The lowest BCUT2D eigenvalue weighted by Gasteiger charge is -2.32. The smallest absolute Gasteiger partial charge is 0.222 e. The van der Waals surface area contributed by atoms with Crippen molar-refractivity contribution in [3.8, 4) is 0 Å². The Balaban J connectivity index is 1.37. The number of nitrogens with one attached hydrogen (secondary N) is 2. The van der Waals surface area contributed by atoms with Crippen molar-refractivity contribution in [2.75, 3.05) is 26.7 Å². The molecule has 1 amide bonds. The highest BCUT2D eigenvalue weighted by molar-refractivity contribution is 5.76. The molecule has 2 atom stereocenters. The molecule has 6 nitrogen and oxygen atoms in total. The molecule has 2 N–H and O–H groups in total. The molecule has 2 fully saturated rings. The molecule has 25 heavy (non-hydrogen) atoms. The molecule has 1 aromatic rings. The van der Waals surface area contributed by atoms with Crippen molar-refractivity contribution >= 4 is 5.91 Å². The van der Waals surface area contributed by atoms with Gasteiger partial charge >= 0.3 is 0 Å². The van der Waals surface area contributed by atoms with E-state index < -0.39 is 0 Å². The average Bonchev–Trinajstić information content (AvgIpc) is 3.02. The van der Waals surface area contributed by atoms with Crippen LogP contribution in [0.3, 0.4) is 0 Å². The summed E-state index contributed by atoms with van der Waals surface area (Å²) in [6, 6.07) is 6.92. The normalized spacial score (nSPS) is 25.2. The zero-order valence-corrected chi connectivity index (χ0v) is 15.4. The molecule has 0 saturated carbocycles. The minimum atomic E-state index is 0.282. The topological polar surface area (TPSA) is 60.5 Å². The van der Waals surface area contributed by atoms with E-state index >= 15 is 0 Å². The van der Waals surface area contributed by atoms with Gasteiger partial charge in [-0.2, -0.15) is 0 Å². The quantitative estimate of drug-likeness (QED) is 0.816. The van der Waals surface area contributed by atoms with Crippen LogP contribution in [0.1, 0.15) is 38.3 Å². The fraction of sp³-hybridized carbons (Fsp3) is 0.684. The highest BCUT2D eigenvalue weighted by Gasteiger charge is 2.26. The van der Waals surface area contributed by atoms with Crippen molar-refractivity contribution in [1.29, 1.82) is 0 Å². The number of likely N-dealkylation sites (tertiary alicyclic amines) is 1. The van der Waals surface area contributed by atoms with Crippen LogP contribution in [-0.2, 0) is 11.3 Å². The summed E-state index contributed by atoms with van der Waals surface area (Å²) in [5.74, 6) is 0.799.